The largest absolute Gasteiger partial charge is 0.347 e. The van der Waals surface area contributed by atoms with Crippen molar-refractivity contribution in [1.82, 2.24) is 4.57 Å². The first kappa shape index (κ1) is 8.72. The number of benzene rings is 1. The van der Waals surface area contributed by atoms with Gasteiger partial charge in [0.05, 0.1) is 5.52 Å². The third kappa shape index (κ3) is 1.21. The predicted octanol–water partition coefficient (Wildman–Crippen LogP) is 2.79. The Labute approximate surface area is 88.5 Å². The van der Waals surface area contributed by atoms with E-state index in [4.69, 9.17) is 0 Å². The average molecular weight is 199 g/mol. The van der Waals surface area contributed by atoms with E-state index in [1.165, 1.54) is 22.9 Å². The van der Waals surface area contributed by atoms with Crippen LogP contribution < -0.4 is 0 Å². The highest BCUT2D eigenvalue weighted by atomic mass is 16.1. The van der Waals surface area contributed by atoms with Crippen LogP contribution in [0.25, 0.3) is 10.9 Å². The summed E-state index contributed by atoms with van der Waals surface area (Å²) in [6.45, 7) is 2.74. The summed E-state index contributed by atoms with van der Waals surface area (Å²) in [6, 6.07) is 6.17. The number of hydrogen-bond donors (Lipinski definition) is 0. The van der Waals surface area contributed by atoms with Crippen molar-refractivity contribution in [1.29, 1.82) is 0 Å². The molecule has 1 aliphatic rings. The molecule has 0 fully saturated rings. The number of carbonyl (C=O) groups is 1. The number of ketones is 1. The molecule has 1 aromatic carbocycles. The Morgan fingerprint density at radius 3 is 3.07 bits per heavy atom. The molecule has 0 saturated carbocycles. The normalized spacial score (nSPS) is 14.5. The third-order valence-electron chi connectivity index (χ3n) is 3.19. The van der Waals surface area contributed by atoms with Gasteiger partial charge in [-0.25, -0.2) is 0 Å². The van der Waals surface area contributed by atoms with E-state index in [9.17, 15) is 4.79 Å². The molecule has 3 rings (SSSR count). The van der Waals surface area contributed by atoms with Gasteiger partial charge in [0.25, 0.3) is 0 Å². The molecule has 0 N–H and O–H groups in total. The average Bonchev–Trinajstić information content (AvgIpc) is 2.64. The number of rotatable bonds is 1. The minimum Gasteiger partial charge on any atom is -0.347 e. The van der Waals surface area contributed by atoms with Crippen molar-refractivity contribution in [3.05, 3.63) is 35.5 Å². The highest BCUT2D eigenvalue weighted by molar-refractivity contribution is 5.99. The Bertz CT molecular complexity index is 551. The summed E-state index contributed by atoms with van der Waals surface area (Å²) in [6.07, 6.45) is 4.40. The highest BCUT2D eigenvalue weighted by Gasteiger charge is 2.14. The fraction of sp³-hybridized carbons (Fsp3) is 0.308. The first-order valence-electron chi connectivity index (χ1n) is 5.38. The predicted molar refractivity (Wildman–Crippen MR) is 60.3 cm³/mol. The summed E-state index contributed by atoms with van der Waals surface area (Å²) in [7, 11) is 0. The molecule has 0 radical (unpaired) electrons. The van der Waals surface area contributed by atoms with Gasteiger partial charge in [0.2, 0.25) is 0 Å². The molecule has 2 heteroatoms. The molecule has 15 heavy (non-hydrogen) atoms. The SMILES string of the molecule is CC(=O)c1cc2c3c(ccn3CCC2)c1. The van der Waals surface area contributed by atoms with Crippen LogP contribution in [0.2, 0.25) is 0 Å². The Morgan fingerprint density at radius 2 is 2.27 bits per heavy atom. The zero-order valence-electron chi connectivity index (χ0n) is 8.79. The summed E-state index contributed by atoms with van der Waals surface area (Å²) < 4.78 is 2.29. The van der Waals surface area contributed by atoms with E-state index >= 15 is 0 Å². The lowest BCUT2D eigenvalue weighted by molar-refractivity contribution is 0.101. The Kier molecular flexibility index (Phi) is 1.72. The van der Waals surface area contributed by atoms with Crippen molar-refractivity contribution in [3.8, 4) is 0 Å². The zero-order chi connectivity index (χ0) is 10.4. The van der Waals surface area contributed by atoms with E-state index in [-0.39, 0.29) is 5.78 Å². The maximum absolute atomic E-state index is 11.4. The van der Waals surface area contributed by atoms with Gasteiger partial charge < -0.3 is 4.57 Å². The lowest BCUT2D eigenvalue weighted by Gasteiger charge is -2.16. The molecular formula is C13H13NO. The van der Waals surface area contributed by atoms with Crippen LogP contribution in [-0.4, -0.2) is 10.4 Å². The molecule has 76 valence electrons. The van der Waals surface area contributed by atoms with Gasteiger partial charge in [0.1, 0.15) is 0 Å². The zero-order valence-corrected chi connectivity index (χ0v) is 8.79. The molecule has 1 aliphatic heterocycles. The van der Waals surface area contributed by atoms with Crippen LogP contribution in [-0.2, 0) is 13.0 Å². The van der Waals surface area contributed by atoms with Crippen LogP contribution in [0.15, 0.2) is 24.4 Å². The molecule has 2 heterocycles. The topological polar surface area (TPSA) is 22.0 Å². The third-order valence-corrected chi connectivity index (χ3v) is 3.19. The quantitative estimate of drug-likeness (QED) is 0.647. The summed E-state index contributed by atoms with van der Waals surface area (Å²) in [4.78, 5) is 11.4. The Hall–Kier alpha value is -1.57. The van der Waals surface area contributed by atoms with Crippen molar-refractivity contribution >= 4 is 16.7 Å². The van der Waals surface area contributed by atoms with Gasteiger partial charge in [-0.3, -0.25) is 4.79 Å². The van der Waals surface area contributed by atoms with E-state index in [2.05, 4.69) is 22.9 Å². The number of aryl methyl sites for hydroxylation is 2. The van der Waals surface area contributed by atoms with Gasteiger partial charge in [0, 0.05) is 23.7 Å². The van der Waals surface area contributed by atoms with Crippen molar-refractivity contribution in [2.45, 2.75) is 26.3 Å². The second kappa shape index (κ2) is 2.96. The van der Waals surface area contributed by atoms with Crippen molar-refractivity contribution in [2.75, 3.05) is 0 Å². The maximum Gasteiger partial charge on any atom is 0.159 e. The molecule has 0 bridgehead atoms. The van der Waals surface area contributed by atoms with Gasteiger partial charge >= 0.3 is 0 Å². The fourth-order valence-corrected chi connectivity index (χ4v) is 2.46. The van der Waals surface area contributed by atoms with Crippen LogP contribution in [0.5, 0.6) is 0 Å². The molecule has 2 aromatic rings. The van der Waals surface area contributed by atoms with Gasteiger partial charge in [-0.2, -0.15) is 0 Å². The minimum absolute atomic E-state index is 0.159. The second-order valence-corrected chi connectivity index (χ2v) is 4.24. The first-order valence-corrected chi connectivity index (χ1v) is 5.38. The smallest absolute Gasteiger partial charge is 0.159 e. The number of hydrogen-bond acceptors (Lipinski definition) is 1. The molecule has 2 nitrogen and oxygen atoms in total. The molecule has 0 amide bonds. The molecule has 0 saturated heterocycles. The number of Topliss-reactive ketones (excluding diaryl/α,β-unsaturated/α-hetero) is 1. The number of carbonyl (C=O) groups excluding carboxylic acids is 1. The van der Waals surface area contributed by atoms with Crippen LogP contribution in [0.1, 0.15) is 29.3 Å². The monoisotopic (exact) mass is 199 g/mol. The van der Waals surface area contributed by atoms with Crippen molar-refractivity contribution < 1.29 is 4.79 Å². The van der Waals surface area contributed by atoms with Crippen molar-refractivity contribution in [3.63, 3.8) is 0 Å². The van der Waals surface area contributed by atoms with Gasteiger partial charge in [-0.05, 0) is 43.5 Å². The second-order valence-electron chi connectivity index (χ2n) is 4.24. The lowest BCUT2D eigenvalue weighted by Crippen LogP contribution is -2.07. The van der Waals surface area contributed by atoms with Gasteiger partial charge in [0.15, 0.2) is 5.78 Å². The van der Waals surface area contributed by atoms with E-state index < -0.39 is 0 Å². The van der Waals surface area contributed by atoms with Gasteiger partial charge in [-0.1, -0.05) is 0 Å². The van der Waals surface area contributed by atoms with E-state index in [0.29, 0.717) is 0 Å². The molecule has 0 aliphatic carbocycles. The summed E-state index contributed by atoms with van der Waals surface area (Å²) >= 11 is 0. The highest BCUT2D eigenvalue weighted by Crippen LogP contribution is 2.27. The standard InChI is InChI=1S/C13H13NO/c1-9(15)12-7-10-3-2-5-14-6-4-11(8-12)13(10)14/h4,6-8H,2-3,5H2,1H3. The molecular weight excluding hydrogens is 186 g/mol. The Balaban J connectivity index is 2.36. The van der Waals surface area contributed by atoms with Crippen molar-refractivity contribution in [2.24, 2.45) is 0 Å². The first-order chi connectivity index (χ1) is 7.25. The lowest BCUT2D eigenvalue weighted by atomic mass is 9.99. The van der Waals surface area contributed by atoms with Crippen LogP contribution in [0, 0.1) is 0 Å². The van der Waals surface area contributed by atoms with E-state index in [0.717, 1.165) is 18.5 Å². The molecule has 0 unspecified atom stereocenters. The van der Waals surface area contributed by atoms with Crippen LogP contribution in [0.3, 0.4) is 0 Å². The number of aromatic nitrogens is 1. The Morgan fingerprint density at radius 1 is 1.40 bits per heavy atom. The summed E-state index contributed by atoms with van der Waals surface area (Å²) in [5.41, 5.74) is 3.50. The van der Waals surface area contributed by atoms with Crippen LogP contribution in [0.4, 0.5) is 0 Å². The van der Waals surface area contributed by atoms with Crippen LogP contribution >= 0.6 is 0 Å². The fourth-order valence-electron chi connectivity index (χ4n) is 2.46. The molecule has 0 spiro atoms. The number of nitrogens with zero attached hydrogens (tertiary/aromatic N) is 1. The summed E-state index contributed by atoms with van der Waals surface area (Å²) in [5, 5.41) is 1.21. The summed E-state index contributed by atoms with van der Waals surface area (Å²) in [5.74, 6) is 0.159. The minimum atomic E-state index is 0.159. The van der Waals surface area contributed by atoms with E-state index in [1.807, 2.05) is 6.07 Å². The molecule has 0 atom stereocenters. The van der Waals surface area contributed by atoms with Gasteiger partial charge in [-0.15, -0.1) is 0 Å². The maximum atomic E-state index is 11.4. The van der Waals surface area contributed by atoms with E-state index in [1.54, 1.807) is 6.92 Å². The molecule has 1 aromatic heterocycles.